The van der Waals surface area contributed by atoms with Gasteiger partial charge in [0.2, 0.25) is 0 Å². The molecule has 136 valence electrons. The Bertz CT molecular complexity index is 1070. The Morgan fingerprint density at radius 3 is 2.22 bits per heavy atom. The van der Waals surface area contributed by atoms with E-state index in [0.29, 0.717) is 5.71 Å². The molecular formula is C22H20N2O2S. The molecule has 0 bridgehead atoms. The van der Waals surface area contributed by atoms with Crippen LogP contribution in [0.1, 0.15) is 22.3 Å². The van der Waals surface area contributed by atoms with E-state index in [4.69, 9.17) is 0 Å². The SMILES string of the molecule is C=Cc1ccccc1/C(=N/NS(=O)(=O)c1ccc(C)cc1)c1ccccc1. The molecule has 3 rings (SSSR count). The Hall–Kier alpha value is -3.18. The van der Waals surface area contributed by atoms with E-state index in [-0.39, 0.29) is 4.90 Å². The zero-order valence-electron chi connectivity index (χ0n) is 15.0. The largest absolute Gasteiger partial charge is 0.276 e. The van der Waals surface area contributed by atoms with Crippen LogP contribution in [0.4, 0.5) is 0 Å². The van der Waals surface area contributed by atoms with E-state index >= 15 is 0 Å². The molecule has 0 aliphatic carbocycles. The highest BCUT2D eigenvalue weighted by Gasteiger charge is 2.15. The van der Waals surface area contributed by atoms with Gasteiger partial charge in [0.25, 0.3) is 10.0 Å². The molecule has 0 aromatic heterocycles. The number of hydrazone groups is 1. The zero-order valence-corrected chi connectivity index (χ0v) is 15.8. The molecule has 0 heterocycles. The summed E-state index contributed by atoms with van der Waals surface area (Å²) in [5.41, 5.74) is 3.99. The van der Waals surface area contributed by atoms with Gasteiger partial charge in [-0.1, -0.05) is 84.9 Å². The maximum Gasteiger partial charge on any atom is 0.276 e. The molecule has 0 atom stereocenters. The molecule has 0 aliphatic rings. The number of hydrogen-bond donors (Lipinski definition) is 1. The van der Waals surface area contributed by atoms with Gasteiger partial charge >= 0.3 is 0 Å². The number of hydrogen-bond acceptors (Lipinski definition) is 3. The predicted octanol–water partition coefficient (Wildman–Crippen LogP) is 4.37. The van der Waals surface area contributed by atoms with Crippen LogP contribution in [0.25, 0.3) is 6.08 Å². The highest BCUT2D eigenvalue weighted by molar-refractivity contribution is 7.89. The second-order valence-electron chi connectivity index (χ2n) is 6.03. The molecule has 0 unspecified atom stereocenters. The minimum absolute atomic E-state index is 0.168. The summed E-state index contributed by atoms with van der Waals surface area (Å²) in [7, 11) is -3.77. The molecule has 0 amide bonds. The lowest BCUT2D eigenvalue weighted by Gasteiger charge is -2.11. The van der Waals surface area contributed by atoms with Crippen molar-refractivity contribution in [2.45, 2.75) is 11.8 Å². The maximum atomic E-state index is 12.6. The van der Waals surface area contributed by atoms with Crippen LogP contribution in [0.3, 0.4) is 0 Å². The number of sulfonamides is 1. The third-order valence-electron chi connectivity index (χ3n) is 4.09. The van der Waals surface area contributed by atoms with Crippen LogP contribution in [-0.4, -0.2) is 14.1 Å². The van der Waals surface area contributed by atoms with Crippen LogP contribution >= 0.6 is 0 Å². The molecule has 5 heteroatoms. The maximum absolute atomic E-state index is 12.6. The summed E-state index contributed by atoms with van der Waals surface area (Å²) >= 11 is 0. The average molecular weight is 376 g/mol. The van der Waals surface area contributed by atoms with E-state index in [9.17, 15) is 8.42 Å². The van der Waals surface area contributed by atoms with Crippen LogP contribution in [0.2, 0.25) is 0 Å². The number of benzene rings is 3. The van der Waals surface area contributed by atoms with Gasteiger partial charge in [-0.2, -0.15) is 18.4 Å². The van der Waals surface area contributed by atoms with Crippen LogP contribution in [0.5, 0.6) is 0 Å². The van der Waals surface area contributed by atoms with Crippen molar-refractivity contribution in [3.05, 3.63) is 108 Å². The number of aryl methyl sites for hydroxylation is 1. The molecule has 0 saturated heterocycles. The Kier molecular flexibility index (Phi) is 5.52. The molecule has 0 spiro atoms. The third kappa shape index (κ3) is 4.33. The van der Waals surface area contributed by atoms with Gasteiger partial charge in [-0.25, -0.2) is 0 Å². The van der Waals surface area contributed by atoms with E-state index in [1.54, 1.807) is 30.3 Å². The summed E-state index contributed by atoms with van der Waals surface area (Å²) in [6.07, 6.45) is 1.72. The van der Waals surface area contributed by atoms with Crippen molar-refractivity contribution in [1.29, 1.82) is 0 Å². The van der Waals surface area contributed by atoms with Gasteiger partial charge in [-0.15, -0.1) is 0 Å². The van der Waals surface area contributed by atoms with E-state index in [0.717, 1.165) is 22.3 Å². The Labute approximate surface area is 159 Å². The second kappa shape index (κ2) is 8.01. The van der Waals surface area contributed by atoms with Gasteiger partial charge in [-0.3, -0.25) is 0 Å². The lowest BCUT2D eigenvalue weighted by molar-refractivity contribution is 0.584. The van der Waals surface area contributed by atoms with Crippen molar-refractivity contribution in [3.8, 4) is 0 Å². The van der Waals surface area contributed by atoms with E-state index in [1.807, 2.05) is 61.5 Å². The van der Waals surface area contributed by atoms with Gasteiger partial charge < -0.3 is 0 Å². The summed E-state index contributed by atoms with van der Waals surface area (Å²) in [4.78, 5) is 2.54. The van der Waals surface area contributed by atoms with Crippen LogP contribution in [0.15, 0.2) is 95.4 Å². The van der Waals surface area contributed by atoms with E-state index in [1.165, 1.54) is 0 Å². The molecule has 3 aromatic carbocycles. The van der Waals surface area contributed by atoms with Crippen molar-refractivity contribution in [2.24, 2.45) is 5.10 Å². The molecule has 0 radical (unpaired) electrons. The summed E-state index contributed by atoms with van der Waals surface area (Å²) in [6, 6.07) is 23.7. The summed E-state index contributed by atoms with van der Waals surface area (Å²) in [6.45, 7) is 5.74. The Morgan fingerprint density at radius 2 is 1.56 bits per heavy atom. The van der Waals surface area contributed by atoms with Gasteiger partial charge in [0.05, 0.1) is 10.6 Å². The van der Waals surface area contributed by atoms with Crippen molar-refractivity contribution in [3.63, 3.8) is 0 Å². The fourth-order valence-corrected chi connectivity index (χ4v) is 3.45. The standard InChI is InChI=1S/C22H20N2O2S/c1-3-18-9-7-8-12-21(18)22(19-10-5-4-6-11-19)23-24-27(25,26)20-15-13-17(2)14-16-20/h3-16,24H,1H2,2H3/b23-22+. The summed E-state index contributed by atoms with van der Waals surface area (Å²) < 4.78 is 25.3. The lowest BCUT2D eigenvalue weighted by Crippen LogP contribution is -2.21. The zero-order chi connectivity index (χ0) is 19.3. The smallest absolute Gasteiger partial charge is 0.200 e. The molecule has 0 fully saturated rings. The van der Waals surface area contributed by atoms with Gasteiger partial charge in [0.1, 0.15) is 0 Å². The van der Waals surface area contributed by atoms with Crippen LogP contribution in [-0.2, 0) is 10.0 Å². The van der Waals surface area contributed by atoms with Gasteiger partial charge in [0.15, 0.2) is 0 Å². The fraction of sp³-hybridized carbons (Fsp3) is 0.0455. The van der Waals surface area contributed by atoms with Gasteiger partial charge in [-0.05, 0) is 24.6 Å². The van der Waals surface area contributed by atoms with Crippen molar-refractivity contribution in [1.82, 2.24) is 4.83 Å². The Balaban J connectivity index is 2.06. The topological polar surface area (TPSA) is 58.5 Å². The number of rotatable bonds is 6. The van der Waals surface area contributed by atoms with Gasteiger partial charge in [0, 0.05) is 11.1 Å². The molecule has 1 N–H and O–H groups in total. The second-order valence-corrected chi connectivity index (χ2v) is 7.69. The van der Waals surface area contributed by atoms with Crippen molar-refractivity contribution in [2.75, 3.05) is 0 Å². The molecule has 4 nitrogen and oxygen atoms in total. The predicted molar refractivity (Wildman–Crippen MR) is 110 cm³/mol. The first kappa shape index (κ1) is 18.6. The highest BCUT2D eigenvalue weighted by Crippen LogP contribution is 2.17. The first-order valence-electron chi connectivity index (χ1n) is 8.45. The molecular weight excluding hydrogens is 356 g/mol. The monoisotopic (exact) mass is 376 g/mol. The first-order chi connectivity index (χ1) is 13.0. The van der Waals surface area contributed by atoms with Crippen LogP contribution < -0.4 is 4.83 Å². The molecule has 3 aromatic rings. The average Bonchev–Trinajstić information content (AvgIpc) is 2.69. The van der Waals surface area contributed by atoms with Crippen LogP contribution in [0, 0.1) is 6.92 Å². The number of nitrogens with zero attached hydrogens (tertiary/aromatic N) is 1. The third-order valence-corrected chi connectivity index (χ3v) is 5.32. The fourth-order valence-electron chi connectivity index (χ4n) is 2.64. The first-order valence-corrected chi connectivity index (χ1v) is 9.93. The quantitative estimate of drug-likeness (QED) is 0.513. The van der Waals surface area contributed by atoms with E-state index < -0.39 is 10.0 Å². The lowest BCUT2D eigenvalue weighted by atomic mass is 9.98. The van der Waals surface area contributed by atoms with Crippen molar-refractivity contribution >= 4 is 21.8 Å². The summed E-state index contributed by atoms with van der Waals surface area (Å²) in [5.74, 6) is 0. The Morgan fingerprint density at radius 1 is 0.926 bits per heavy atom. The molecule has 0 saturated carbocycles. The molecule has 27 heavy (non-hydrogen) atoms. The number of nitrogens with one attached hydrogen (secondary N) is 1. The molecule has 0 aliphatic heterocycles. The van der Waals surface area contributed by atoms with Crippen molar-refractivity contribution < 1.29 is 8.42 Å². The summed E-state index contributed by atoms with van der Waals surface area (Å²) in [5, 5.41) is 4.27. The minimum atomic E-state index is -3.77. The van der Waals surface area contributed by atoms with E-state index in [2.05, 4.69) is 16.5 Å². The normalized spacial score (nSPS) is 11.8. The minimum Gasteiger partial charge on any atom is -0.200 e. The highest BCUT2D eigenvalue weighted by atomic mass is 32.2.